The Bertz CT molecular complexity index is 812. The first-order valence-electron chi connectivity index (χ1n) is 8.80. The number of amides is 2. The molecule has 0 aliphatic carbocycles. The van der Waals surface area contributed by atoms with Crippen LogP contribution in [0.25, 0.3) is 0 Å². The Labute approximate surface area is 162 Å². The summed E-state index contributed by atoms with van der Waals surface area (Å²) in [6.07, 6.45) is 0.724. The Hall–Kier alpha value is -2.67. The molecule has 1 saturated heterocycles. The lowest BCUT2D eigenvalue weighted by Gasteiger charge is -2.39. The molecule has 0 atom stereocenters. The molecule has 1 N–H and O–H groups in total. The molecule has 0 saturated carbocycles. The van der Waals surface area contributed by atoms with Crippen molar-refractivity contribution in [1.29, 1.82) is 0 Å². The minimum atomic E-state index is -0.962. The topological polar surface area (TPSA) is 77.9 Å². The van der Waals surface area contributed by atoms with E-state index in [0.29, 0.717) is 30.8 Å². The van der Waals surface area contributed by atoms with Crippen molar-refractivity contribution in [1.82, 2.24) is 9.80 Å². The van der Waals surface area contributed by atoms with Crippen molar-refractivity contribution < 1.29 is 19.5 Å². The number of aliphatic carboxylic acids is 1. The number of hydrogen-bond acceptors (Lipinski definition) is 4. The lowest BCUT2D eigenvalue weighted by atomic mass is 9.73. The van der Waals surface area contributed by atoms with Crippen LogP contribution in [0.1, 0.15) is 28.1 Å². The molecule has 0 radical (unpaired) electrons. The van der Waals surface area contributed by atoms with Gasteiger partial charge in [0.15, 0.2) is 0 Å². The molecular weight excluding hydrogens is 364 g/mol. The predicted octanol–water partition coefficient (Wildman–Crippen LogP) is 2.47. The third kappa shape index (κ3) is 3.88. The third-order valence-electron chi connectivity index (χ3n) is 5.16. The van der Waals surface area contributed by atoms with Crippen molar-refractivity contribution in [3.63, 3.8) is 0 Å². The molecule has 142 valence electrons. The van der Waals surface area contributed by atoms with E-state index in [2.05, 4.69) is 0 Å². The summed E-state index contributed by atoms with van der Waals surface area (Å²) in [4.78, 5) is 40.5. The van der Waals surface area contributed by atoms with Crippen molar-refractivity contribution in [2.24, 2.45) is 0 Å². The molecule has 2 amide bonds. The maximum Gasteiger partial charge on any atom is 0.314 e. The standard InChI is InChI=1S/C20H22N2O4S/c1-21(18(24)16-8-5-13-27-16)14-17(23)22-11-9-20(10-12-22,19(25)26)15-6-3-2-4-7-15/h2-8,13H,9-12,14H2,1H3,(H,25,26). The van der Waals surface area contributed by atoms with E-state index in [-0.39, 0.29) is 18.4 Å². The van der Waals surface area contributed by atoms with Crippen molar-refractivity contribution in [2.75, 3.05) is 26.7 Å². The van der Waals surface area contributed by atoms with Crippen LogP contribution >= 0.6 is 11.3 Å². The van der Waals surface area contributed by atoms with Gasteiger partial charge in [0.25, 0.3) is 5.91 Å². The zero-order valence-corrected chi connectivity index (χ0v) is 15.9. The number of benzene rings is 1. The summed E-state index contributed by atoms with van der Waals surface area (Å²) >= 11 is 1.34. The van der Waals surface area contributed by atoms with Gasteiger partial charge in [-0.15, -0.1) is 11.3 Å². The highest BCUT2D eigenvalue weighted by Crippen LogP contribution is 2.36. The monoisotopic (exact) mass is 386 g/mol. The number of piperidine rings is 1. The summed E-state index contributed by atoms with van der Waals surface area (Å²) in [6, 6.07) is 12.7. The zero-order chi connectivity index (χ0) is 19.4. The fourth-order valence-corrected chi connectivity index (χ4v) is 4.20. The Kier molecular flexibility index (Phi) is 5.60. The van der Waals surface area contributed by atoms with Gasteiger partial charge < -0.3 is 14.9 Å². The average molecular weight is 386 g/mol. The van der Waals surface area contributed by atoms with E-state index < -0.39 is 11.4 Å². The number of likely N-dealkylation sites (tertiary alicyclic amines) is 1. The van der Waals surface area contributed by atoms with Crippen LogP contribution in [-0.4, -0.2) is 59.4 Å². The number of carboxylic acids is 1. The van der Waals surface area contributed by atoms with E-state index in [1.165, 1.54) is 16.2 Å². The molecule has 0 spiro atoms. The van der Waals surface area contributed by atoms with Crippen LogP contribution in [0.5, 0.6) is 0 Å². The molecule has 0 bridgehead atoms. The molecule has 3 rings (SSSR count). The van der Waals surface area contributed by atoms with Crippen LogP contribution in [0.3, 0.4) is 0 Å². The van der Waals surface area contributed by atoms with Crippen LogP contribution in [-0.2, 0) is 15.0 Å². The second-order valence-electron chi connectivity index (χ2n) is 6.77. The van der Waals surface area contributed by atoms with E-state index in [4.69, 9.17) is 0 Å². The molecule has 1 aliphatic rings. The third-order valence-corrected chi connectivity index (χ3v) is 6.01. The smallest absolute Gasteiger partial charge is 0.314 e. The van der Waals surface area contributed by atoms with Gasteiger partial charge in [-0.3, -0.25) is 14.4 Å². The molecule has 2 heterocycles. The van der Waals surface area contributed by atoms with Gasteiger partial charge in [-0.2, -0.15) is 0 Å². The maximum atomic E-state index is 12.6. The van der Waals surface area contributed by atoms with E-state index >= 15 is 0 Å². The lowest BCUT2D eigenvalue weighted by molar-refractivity contribution is -0.148. The Morgan fingerprint density at radius 2 is 1.78 bits per heavy atom. The van der Waals surface area contributed by atoms with Gasteiger partial charge >= 0.3 is 5.97 Å². The first-order valence-corrected chi connectivity index (χ1v) is 9.68. The molecule has 27 heavy (non-hydrogen) atoms. The average Bonchev–Trinajstić information content (AvgIpc) is 3.22. The normalized spacial score (nSPS) is 16.0. The van der Waals surface area contributed by atoms with Gasteiger partial charge in [0.05, 0.1) is 16.8 Å². The number of rotatable bonds is 5. The molecule has 1 aromatic heterocycles. The first-order chi connectivity index (χ1) is 12.9. The number of carbonyl (C=O) groups excluding carboxylic acids is 2. The second kappa shape index (κ2) is 7.92. The van der Waals surface area contributed by atoms with Gasteiger partial charge in [0, 0.05) is 20.1 Å². The van der Waals surface area contributed by atoms with Gasteiger partial charge in [-0.25, -0.2) is 0 Å². The van der Waals surface area contributed by atoms with Crippen LogP contribution in [0.15, 0.2) is 47.8 Å². The molecular formula is C20H22N2O4S. The maximum absolute atomic E-state index is 12.6. The van der Waals surface area contributed by atoms with Gasteiger partial charge in [-0.05, 0) is 29.9 Å². The van der Waals surface area contributed by atoms with Crippen molar-refractivity contribution >= 4 is 29.1 Å². The Balaban J connectivity index is 1.63. The summed E-state index contributed by atoms with van der Waals surface area (Å²) in [6.45, 7) is 0.713. The number of thiophene rings is 1. The van der Waals surface area contributed by atoms with E-state index in [1.807, 2.05) is 35.7 Å². The van der Waals surface area contributed by atoms with Crippen LogP contribution < -0.4 is 0 Å². The molecule has 1 aromatic carbocycles. The Morgan fingerprint density at radius 3 is 2.33 bits per heavy atom. The van der Waals surface area contributed by atoms with Gasteiger partial charge in [0.1, 0.15) is 0 Å². The summed E-state index contributed by atoms with van der Waals surface area (Å²) in [7, 11) is 1.61. The minimum absolute atomic E-state index is 0.0118. The largest absolute Gasteiger partial charge is 0.481 e. The molecule has 7 heteroatoms. The molecule has 1 fully saturated rings. The fourth-order valence-electron chi connectivity index (χ4n) is 3.48. The number of carbonyl (C=O) groups is 3. The summed E-state index contributed by atoms with van der Waals surface area (Å²) in [5.74, 6) is -1.19. The predicted molar refractivity (Wildman–Crippen MR) is 103 cm³/mol. The highest BCUT2D eigenvalue weighted by atomic mass is 32.1. The summed E-state index contributed by atoms with van der Waals surface area (Å²) < 4.78 is 0. The van der Waals surface area contributed by atoms with E-state index in [0.717, 1.165) is 5.56 Å². The number of likely N-dealkylation sites (N-methyl/N-ethyl adjacent to an activating group) is 1. The van der Waals surface area contributed by atoms with E-state index in [1.54, 1.807) is 24.1 Å². The second-order valence-corrected chi connectivity index (χ2v) is 7.72. The van der Waals surface area contributed by atoms with Crippen LogP contribution in [0, 0.1) is 0 Å². The molecule has 1 aliphatic heterocycles. The quantitative estimate of drug-likeness (QED) is 0.856. The fraction of sp³-hybridized carbons (Fsp3) is 0.350. The van der Waals surface area contributed by atoms with E-state index in [9.17, 15) is 19.5 Å². The molecule has 0 unspecified atom stereocenters. The van der Waals surface area contributed by atoms with Gasteiger partial charge in [0.2, 0.25) is 5.91 Å². The Morgan fingerprint density at radius 1 is 1.11 bits per heavy atom. The van der Waals surface area contributed by atoms with Crippen LogP contribution in [0.4, 0.5) is 0 Å². The minimum Gasteiger partial charge on any atom is -0.481 e. The van der Waals surface area contributed by atoms with Gasteiger partial charge in [-0.1, -0.05) is 36.4 Å². The highest BCUT2D eigenvalue weighted by Gasteiger charge is 2.43. The van der Waals surface area contributed by atoms with Crippen molar-refractivity contribution in [3.8, 4) is 0 Å². The SMILES string of the molecule is CN(CC(=O)N1CCC(C(=O)O)(c2ccccc2)CC1)C(=O)c1cccs1. The van der Waals surface area contributed by atoms with Crippen molar-refractivity contribution in [3.05, 3.63) is 58.3 Å². The first kappa shape index (κ1) is 19.1. The number of hydrogen-bond donors (Lipinski definition) is 1. The molecule has 2 aromatic rings. The highest BCUT2D eigenvalue weighted by molar-refractivity contribution is 7.12. The van der Waals surface area contributed by atoms with Crippen molar-refractivity contribution in [2.45, 2.75) is 18.3 Å². The lowest BCUT2D eigenvalue weighted by Crippen LogP contribution is -2.51. The number of carboxylic acid groups (broad SMARTS) is 1. The number of nitrogens with zero attached hydrogens (tertiary/aromatic N) is 2. The molecule has 6 nitrogen and oxygen atoms in total. The summed E-state index contributed by atoms with van der Waals surface area (Å²) in [5.41, 5.74) is -0.189. The summed E-state index contributed by atoms with van der Waals surface area (Å²) in [5, 5.41) is 11.7. The van der Waals surface area contributed by atoms with Crippen LogP contribution in [0.2, 0.25) is 0 Å². The zero-order valence-electron chi connectivity index (χ0n) is 15.1.